The van der Waals surface area contributed by atoms with Crippen molar-refractivity contribution in [2.75, 3.05) is 6.26 Å². The van der Waals surface area contributed by atoms with Crippen molar-refractivity contribution in [1.82, 2.24) is 5.32 Å². The van der Waals surface area contributed by atoms with E-state index in [1.807, 2.05) is 38.1 Å². The first kappa shape index (κ1) is 22.9. The van der Waals surface area contributed by atoms with Crippen LogP contribution in [-0.4, -0.2) is 26.7 Å². The van der Waals surface area contributed by atoms with E-state index in [0.717, 1.165) is 5.56 Å². The molecule has 0 aliphatic carbocycles. The van der Waals surface area contributed by atoms with Gasteiger partial charge in [-0.1, -0.05) is 52.0 Å². The van der Waals surface area contributed by atoms with Crippen molar-refractivity contribution in [1.29, 1.82) is 0 Å². The predicted octanol–water partition coefficient (Wildman–Crippen LogP) is 4.42. The summed E-state index contributed by atoms with van der Waals surface area (Å²) in [7, 11) is -3.24. The van der Waals surface area contributed by atoms with Crippen molar-refractivity contribution >= 4 is 15.7 Å². The van der Waals surface area contributed by atoms with E-state index in [9.17, 15) is 13.2 Å². The maximum atomic E-state index is 12.7. The van der Waals surface area contributed by atoms with Crippen molar-refractivity contribution in [2.45, 2.75) is 63.5 Å². The Bertz CT molecular complexity index is 926. The smallest absolute Gasteiger partial charge is 0.261 e. The zero-order chi connectivity index (χ0) is 21.8. The second kappa shape index (κ2) is 8.99. The summed E-state index contributed by atoms with van der Waals surface area (Å²) < 4.78 is 29.1. The Balaban J connectivity index is 2.03. The van der Waals surface area contributed by atoms with E-state index < -0.39 is 15.9 Å². The van der Waals surface area contributed by atoms with Gasteiger partial charge in [-0.05, 0) is 54.2 Å². The molecule has 0 aliphatic heterocycles. The number of amides is 1. The summed E-state index contributed by atoms with van der Waals surface area (Å²) in [6, 6.07) is 14.1. The first-order valence-electron chi connectivity index (χ1n) is 9.79. The largest absolute Gasteiger partial charge is 0.481 e. The maximum Gasteiger partial charge on any atom is 0.261 e. The number of benzene rings is 2. The molecule has 0 radical (unpaired) electrons. The van der Waals surface area contributed by atoms with Crippen LogP contribution in [0.25, 0.3) is 0 Å². The van der Waals surface area contributed by atoms with Crippen molar-refractivity contribution in [3.8, 4) is 5.75 Å². The number of rotatable bonds is 7. The van der Waals surface area contributed by atoms with E-state index in [1.54, 1.807) is 24.3 Å². The molecule has 1 N–H and O–H groups in total. The average Bonchev–Trinajstić information content (AvgIpc) is 2.65. The highest BCUT2D eigenvalue weighted by Crippen LogP contribution is 2.25. The van der Waals surface area contributed by atoms with Gasteiger partial charge >= 0.3 is 0 Å². The van der Waals surface area contributed by atoms with Gasteiger partial charge in [0, 0.05) is 6.26 Å². The van der Waals surface area contributed by atoms with Crippen molar-refractivity contribution in [2.24, 2.45) is 0 Å². The summed E-state index contributed by atoms with van der Waals surface area (Å²) in [6.45, 7) is 10.2. The Labute approximate surface area is 174 Å². The lowest BCUT2D eigenvalue weighted by molar-refractivity contribution is -0.128. The Kier molecular flexibility index (Phi) is 7.11. The van der Waals surface area contributed by atoms with E-state index in [-0.39, 0.29) is 22.3 Å². The van der Waals surface area contributed by atoms with E-state index >= 15 is 0 Å². The van der Waals surface area contributed by atoms with Gasteiger partial charge < -0.3 is 10.1 Å². The van der Waals surface area contributed by atoms with E-state index in [0.29, 0.717) is 12.2 Å². The summed E-state index contributed by atoms with van der Waals surface area (Å²) in [4.78, 5) is 12.9. The minimum atomic E-state index is -3.24. The highest BCUT2D eigenvalue weighted by atomic mass is 32.2. The molecule has 2 aromatic carbocycles. The molecule has 0 saturated carbocycles. The molecular weight excluding hydrogens is 386 g/mol. The number of hydrogen-bond donors (Lipinski definition) is 1. The van der Waals surface area contributed by atoms with Crippen molar-refractivity contribution < 1.29 is 17.9 Å². The summed E-state index contributed by atoms with van der Waals surface area (Å²) >= 11 is 0. The third kappa shape index (κ3) is 6.32. The molecule has 0 spiro atoms. The number of carbonyl (C=O) groups is 1. The number of sulfone groups is 1. The van der Waals surface area contributed by atoms with E-state index in [4.69, 9.17) is 4.74 Å². The Morgan fingerprint density at radius 3 is 2.03 bits per heavy atom. The van der Waals surface area contributed by atoms with Crippen LogP contribution >= 0.6 is 0 Å². The lowest BCUT2D eigenvalue weighted by Crippen LogP contribution is -2.39. The molecule has 29 heavy (non-hydrogen) atoms. The van der Waals surface area contributed by atoms with Gasteiger partial charge in [-0.25, -0.2) is 8.42 Å². The molecule has 2 aromatic rings. The van der Waals surface area contributed by atoms with Gasteiger partial charge in [0.1, 0.15) is 5.75 Å². The quantitative estimate of drug-likeness (QED) is 0.724. The van der Waals surface area contributed by atoms with Crippen LogP contribution in [-0.2, 0) is 20.0 Å². The second-order valence-corrected chi connectivity index (χ2v) is 10.4. The molecule has 5 nitrogen and oxygen atoms in total. The van der Waals surface area contributed by atoms with Gasteiger partial charge in [0.2, 0.25) is 0 Å². The third-order valence-corrected chi connectivity index (χ3v) is 5.96. The van der Waals surface area contributed by atoms with Crippen LogP contribution in [0.2, 0.25) is 0 Å². The minimum Gasteiger partial charge on any atom is -0.481 e. The highest BCUT2D eigenvalue weighted by molar-refractivity contribution is 7.90. The first-order valence-corrected chi connectivity index (χ1v) is 11.7. The molecule has 1 amide bonds. The van der Waals surface area contributed by atoms with Gasteiger partial charge in [0.05, 0.1) is 10.9 Å². The molecule has 2 rings (SSSR count). The average molecular weight is 418 g/mol. The SMILES string of the molecule is CC[C@@H](Oc1ccc(C(C)(C)C)cc1)C(=O)N[C@H](C)c1ccc(S(C)(=O)=O)cc1. The molecule has 0 bridgehead atoms. The Morgan fingerprint density at radius 1 is 1.03 bits per heavy atom. The van der Waals surface area contributed by atoms with Crippen LogP contribution in [0.15, 0.2) is 53.4 Å². The summed E-state index contributed by atoms with van der Waals surface area (Å²) in [6.07, 6.45) is 1.10. The fourth-order valence-corrected chi connectivity index (χ4v) is 3.54. The van der Waals surface area contributed by atoms with E-state index in [2.05, 4.69) is 26.1 Å². The van der Waals surface area contributed by atoms with Crippen molar-refractivity contribution in [3.63, 3.8) is 0 Å². The summed E-state index contributed by atoms with van der Waals surface area (Å²) in [5.74, 6) is 0.456. The molecule has 2 atom stereocenters. The van der Waals surface area contributed by atoms with Gasteiger partial charge in [-0.2, -0.15) is 0 Å². The Hall–Kier alpha value is -2.34. The zero-order valence-corrected chi connectivity index (χ0v) is 18.8. The molecule has 0 unspecified atom stereocenters. The standard InChI is InChI=1S/C23H31NO4S/c1-7-21(28-19-12-10-18(11-13-19)23(3,4)5)22(25)24-16(2)17-8-14-20(15-9-17)29(6,26)27/h8-16,21H,7H2,1-6H3,(H,24,25)/t16-,21-/m1/s1. The molecule has 0 aromatic heterocycles. The lowest BCUT2D eigenvalue weighted by atomic mass is 9.87. The van der Waals surface area contributed by atoms with Crippen LogP contribution < -0.4 is 10.1 Å². The van der Waals surface area contributed by atoms with Gasteiger partial charge in [0.25, 0.3) is 5.91 Å². The normalized spacial score (nSPS) is 14.1. The summed E-state index contributed by atoms with van der Waals surface area (Å²) in [5.41, 5.74) is 2.09. The number of ether oxygens (including phenoxy) is 1. The first-order chi connectivity index (χ1) is 13.4. The van der Waals surface area contributed by atoms with E-state index in [1.165, 1.54) is 11.8 Å². The topological polar surface area (TPSA) is 72.5 Å². The maximum absolute atomic E-state index is 12.7. The van der Waals surface area contributed by atoms with Crippen LogP contribution in [0.4, 0.5) is 0 Å². The van der Waals surface area contributed by atoms with Crippen molar-refractivity contribution in [3.05, 3.63) is 59.7 Å². The molecule has 0 heterocycles. The zero-order valence-electron chi connectivity index (χ0n) is 18.0. The van der Waals surface area contributed by atoms with Crippen LogP contribution in [0, 0.1) is 0 Å². The summed E-state index contributed by atoms with van der Waals surface area (Å²) in [5, 5.41) is 2.95. The van der Waals surface area contributed by atoms with Crippen LogP contribution in [0.3, 0.4) is 0 Å². The lowest BCUT2D eigenvalue weighted by Gasteiger charge is -2.22. The third-order valence-electron chi connectivity index (χ3n) is 4.83. The van der Waals surface area contributed by atoms with Crippen LogP contribution in [0.5, 0.6) is 5.75 Å². The monoisotopic (exact) mass is 417 g/mol. The fraction of sp³-hybridized carbons (Fsp3) is 0.435. The Morgan fingerprint density at radius 2 is 1.59 bits per heavy atom. The molecule has 0 aliphatic rings. The fourth-order valence-electron chi connectivity index (χ4n) is 2.91. The number of hydrogen-bond acceptors (Lipinski definition) is 4. The highest BCUT2D eigenvalue weighted by Gasteiger charge is 2.21. The van der Waals surface area contributed by atoms with Gasteiger partial charge in [-0.15, -0.1) is 0 Å². The second-order valence-electron chi connectivity index (χ2n) is 8.36. The minimum absolute atomic E-state index is 0.0577. The molecule has 158 valence electrons. The van der Waals surface area contributed by atoms with Crippen LogP contribution in [0.1, 0.15) is 58.2 Å². The number of carbonyl (C=O) groups excluding carboxylic acids is 1. The molecule has 6 heteroatoms. The predicted molar refractivity (Wildman–Crippen MR) is 116 cm³/mol. The number of nitrogens with one attached hydrogen (secondary N) is 1. The van der Waals surface area contributed by atoms with Gasteiger partial charge in [-0.3, -0.25) is 4.79 Å². The molecule has 0 saturated heterocycles. The van der Waals surface area contributed by atoms with Gasteiger partial charge in [0.15, 0.2) is 15.9 Å². The molecule has 0 fully saturated rings. The molecular formula is C23H31NO4S.